The minimum absolute atomic E-state index is 0.256. The second-order valence-electron chi connectivity index (χ2n) is 6.34. The third-order valence-corrected chi connectivity index (χ3v) is 5.18. The first-order chi connectivity index (χ1) is 10.7. The van der Waals surface area contributed by atoms with Crippen molar-refractivity contribution in [3.63, 3.8) is 0 Å². The molecule has 0 aromatic heterocycles. The first-order valence-corrected chi connectivity index (χ1v) is 8.42. The molecule has 3 rings (SSSR count). The lowest BCUT2D eigenvalue weighted by Crippen LogP contribution is -2.51. The molecule has 0 saturated carbocycles. The second kappa shape index (κ2) is 6.88. The van der Waals surface area contributed by atoms with E-state index < -0.39 is 0 Å². The number of para-hydroxylation sites is 1. The number of amides is 1. The molecule has 0 bridgehead atoms. The van der Waals surface area contributed by atoms with Crippen LogP contribution in [0, 0.1) is 5.41 Å². The average Bonchev–Trinajstić information content (AvgIpc) is 2.54. The van der Waals surface area contributed by atoms with E-state index in [9.17, 15) is 4.79 Å². The van der Waals surface area contributed by atoms with Crippen molar-refractivity contribution in [2.24, 2.45) is 5.41 Å². The molecule has 4 nitrogen and oxygen atoms in total. The Labute approximate surface area is 136 Å². The molecule has 1 spiro atoms. The Hall–Kier alpha value is -1.26. The molecule has 0 aliphatic carbocycles. The van der Waals surface area contributed by atoms with Gasteiger partial charge in [-0.25, -0.2) is 0 Å². The minimum Gasteiger partial charge on any atom is -0.490 e. The summed E-state index contributed by atoms with van der Waals surface area (Å²) < 4.78 is 5.73. The summed E-state index contributed by atoms with van der Waals surface area (Å²) in [6.45, 7) is 4.14. The third-order valence-electron chi connectivity index (χ3n) is 4.87. The zero-order valence-corrected chi connectivity index (χ0v) is 13.6. The molecule has 22 heavy (non-hydrogen) atoms. The number of carbonyl (C=O) groups is 1. The maximum absolute atomic E-state index is 12.2. The number of halogens is 1. The lowest BCUT2D eigenvalue weighted by Gasteiger charge is -2.45. The highest BCUT2D eigenvalue weighted by Crippen LogP contribution is 2.38. The van der Waals surface area contributed by atoms with Gasteiger partial charge >= 0.3 is 0 Å². The van der Waals surface area contributed by atoms with Crippen molar-refractivity contribution in [2.45, 2.75) is 25.7 Å². The molecule has 1 aromatic carbocycles. The maximum atomic E-state index is 12.2. The van der Waals surface area contributed by atoms with Gasteiger partial charge in [-0.05, 0) is 49.9 Å². The van der Waals surface area contributed by atoms with Gasteiger partial charge in [0, 0.05) is 13.0 Å². The van der Waals surface area contributed by atoms with E-state index in [1.54, 1.807) is 0 Å². The largest absolute Gasteiger partial charge is 0.490 e. The molecule has 2 heterocycles. The van der Waals surface area contributed by atoms with Crippen molar-refractivity contribution in [1.29, 1.82) is 0 Å². The maximum Gasteiger partial charge on any atom is 0.222 e. The number of nitrogens with one attached hydrogen (secondary N) is 1. The molecular formula is C17H23ClN2O2. The predicted octanol–water partition coefficient (Wildman–Crippen LogP) is 2.71. The molecule has 5 heteroatoms. The summed E-state index contributed by atoms with van der Waals surface area (Å²) in [6, 6.07) is 7.45. The molecule has 2 saturated heterocycles. The quantitative estimate of drug-likeness (QED) is 0.926. The van der Waals surface area contributed by atoms with Crippen LogP contribution in [0.4, 0.5) is 0 Å². The molecular weight excluding hydrogens is 300 g/mol. The van der Waals surface area contributed by atoms with E-state index in [0.717, 1.165) is 26.1 Å². The molecule has 0 atom stereocenters. The van der Waals surface area contributed by atoms with E-state index in [-0.39, 0.29) is 5.91 Å². The zero-order chi connectivity index (χ0) is 15.4. The number of carbonyl (C=O) groups excluding carboxylic acids is 1. The van der Waals surface area contributed by atoms with Gasteiger partial charge in [-0.15, -0.1) is 0 Å². The van der Waals surface area contributed by atoms with Crippen molar-refractivity contribution >= 4 is 17.5 Å². The molecule has 2 aliphatic rings. The Morgan fingerprint density at radius 1 is 1.23 bits per heavy atom. The van der Waals surface area contributed by atoms with E-state index >= 15 is 0 Å². The summed E-state index contributed by atoms with van der Waals surface area (Å²) in [7, 11) is 0. The number of rotatable bonds is 4. The number of benzene rings is 1. The van der Waals surface area contributed by atoms with Gasteiger partial charge in [-0.2, -0.15) is 0 Å². The molecule has 0 radical (unpaired) electrons. The van der Waals surface area contributed by atoms with Crippen LogP contribution in [0.1, 0.15) is 25.7 Å². The summed E-state index contributed by atoms with van der Waals surface area (Å²) in [6.07, 6.45) is 4.05. The van der Waals surface area contributed by atoms with Crippen molar-refractivity contribution in [2.75, 3.05) is 32.8 Å². The average molecular weight is 323 g/mol. The Bertz CT molecular complexity index is 529. The fourth-order valence-corrected chi connectivity index (χ4v) is 3.69. The van der Waals surface area contributed by atoms with E-state index in [1.165, 1.54) is 12.8 Å². The van der Waals surface area contributed by atoms with Crippen molar-refractivity contribution in [3.8, 4) is 5.75 Å². The Balaban J connectivity index is 1.54. The van der Waals surface area contributed by atoms with Crippen LogP contribution in [0.15, 0.2) is 24.3 Å². The van der Waals surface area contributed by atoms with E-state index in [2.05, 4.69) is 5.32 Å². The van der Waals surface area contributed by atoms with Crippen LogP contribution >= 0.6 is 11.6 Å². The number of piperidine rings is 2. The minimum atomic E-state index is 0.256. The molecule has 120 valence electrons. The first kappa shape index (κ1) is 15.6. The lowest BCUT2D eigenvalue weighted by atomic mass is 9.73. The summed E-state index contributed by atoms with van der Waals surface area (Å²) in [4.78, 5) is 14.1. The molecule has 1 aromatic rings. The van der Waals surface area contributed by atoms with Crippen molar-refractivity contribution in [1.82, 2.24) is 10.2 Å². The van der Waals surface area contributed by atoms with Crippen LogP contribution in [0.5, 0.6) is 5.75 Å². The van der Waals surface area contributed by atoms with E-state index in [1.807, 2.05) is 29.2 Å². The smallest absolute Gasteiger partial charge is 0.222 e. The Morgan fingerprint density at radius 3 is 2.77 bits per heavy atom. The Kier molecular flexibility index (Phi) is 4.89. The van der Waals surface area contributed by atoms with Crippen LogP contribution in [0.25, 0.3) is 0 Å². The molecule has 0 unspecified atom stereocenters. The van der Waals surface area contributed by atoms with Gasteiger partial charge in [0.1, 0.15) is 12.4 Å². The third kappa shape index (κ3) is 3.55. The highest BCUT2D eigenvalue weighted by Gasteiger charge is 2.39. The molecule has 2 aliphatic heterocycles. The van der Waals surface area contributed by atoms with Gasteiger partial charge in [-0.3, -0.25) is 4.79 Å². The highest BCUT2D eigenvalue weighted by molar-refractivity contribution is 6.32. The summed E-state index contributed by atoms with van der Waals surface area (Å²) in [5, 5.41) is 4.02. The van der Waals surface area contributed by atoms with Gasteiger partial charge in [-0.1, -0.05) is 23.7 Å². The normalized spacial score (nSPS) is 21.1. The van der Waals surface area contributed by atoms with E-state index in [0.29, 0.717) is 35.8 Å². The van der Waals surface area contributed by atoms with Gasteiger partial charge in [0.25, 0.3) is 0 Å². The number of ether oxygens (including phenoxy) is 1. The monoisotopic (exact) mass is 322 g/mol. The fourth-order valence-electron chi connectivity index (χ4n) is 3.50. The van der Waals surface area contributed by atoms with Crippen LogP contribution in [0.3, 0.4) is 0 Å². The standard InChI is InChI=1S/C17H23ClN2O2/c18-14-3-1-2-4-15(14)22-12-11-20-13-17(6-5-16(20)21)7-9-19-10-8-17/h1-4,19H,5-13H2. The number of likely N-dealkylation sites (tertiary alicyclic amines) is 1. The first-order valence-electron chi connectivity index (χ1n) is 8.04. The van der Waals surface area contributed by atoms with Gasteiger partial charge in [0.15, 0.2) is 0 Å². The van der Waals surface area contributed by atoms with E-state index in [4.69, 9.17) is 16.3 Å². The lowest BCUT2D eigenvalue weighted by molar-refractivity contribution is -0.138. The SMILES string of the molecule is O=C1CCC2(CCNCC2)CN1CCOc1ccccc1Cl. The van der Waals surface area contributed by atoms with Gasteiger partial charge < -0.3 is 15.0 Å². The summed E-state index contributed by atoms with van der Waals surface area (Å²) >= 11 is 6.08. The van der Waals surface area contributed by atoms with Crippen molar-refractivity contribution in [3.05, 3.63) is 29.3 Å². The number of hydrogen-bond donors (Lipinski definition) is 1. The topological polar surface area (TPSA) is 41.6 Å². The van der Waals surface area contributed by atoms with Crippen LogP contribution in [-0.4, -0.2) is 43.6 Å². The fraction of sp³-hybridized carbons (Fsp3) is 0.588. The van der Waals surface area contributed by atoms with Crippen LogP contribution in [-0.2, 0) is 4.79 Å². The van der Waals surface area contributed by atoms with Crippen LogP contribution in [0.2, 0.25) is 5.02 Å². The summed E-state index contributed by atoms with van der Waals surface area (Å²) in [5.41, 5.74) is 0.323. The predicted molar refractivity (Wildman–Crippen MR) is 87.3 cm³/mol. The molecule has 1 amide bonds. The zero-order valence-electron chi connectivity index (χ0n) is 12.8. The van der Waals surface area contributed by atoms with Gasteiger partial charge in [0.05, 0.1) is 11.6 Å². The Morgan fingerprint density at radius 2 is 2.00 bits per heavy atom. The highest BCUT2D eigenvalue weighted by atomic mass is 35.5. The molecule has 1 N–H and O–H groups in total. The number of hydrogen-bond acceptors (Lipinski definition) is 3. The van der Waals surface area contributed by atoms with Gasteiger partial charge in [0.2, 0.25) is 5.91 Å². The van der Waals surface area contributed by atoms with Crippen molar-refractivity contribution < 1.29 is 9.53 Å². The summed E-state index contributed by atoms with van der Waals surface area (Å²) in [5.74, 6) is 0.942. The second-order valence-corrected chi connectivity index (χ2v) is 6.75. The molecule has 2 fully saturated rings. The van der Waals surface area contributed by atoms with Crippen LogP contribution < -0.4 is 10.1 Å². The number of nitrogens with zero attached hydrogens (tertiary/aromatic N) is 1.